The largest absolute Gasteiger partial charge is 0.444 e. The fourth-order valence-electron chi connectivity index (χ4n) is 3.36. The quantitative estimate of drug-likeness (QED) is 0.690. The summed E-state index contributed by atoms with van der Waals surface area (Å²) in [7, 11) is 0. The van der Waals surface area contributed by atoms with Crippen LogP contribution >= 0.6 is 0 Å². The highest BCUT2D eigenvalue weighted by atomic mass is 16.6. The van der Waals surface area contributed by atoms with Crippen LogP contribution in [0.1, 0.15) is 32.8 Å². The third kappa shape index (κ3) is 3.32. The van der Waals surface area contributed by atoms with E-state index in [-0.39, 0.29) is 11.7 Å². The van der Waals surface area contributed by atoms with Gasteiger partial charge in [-0.25, -0.2) is 9.78 Å². The van der Waals surface area contributed by atoms with Crippen molar-refractivity contribution in [2.45, 2.75) is 32.8 Å². The Morgan fingerprint density at radius 1 is 1.30 bits per heavy atom. The molecule has 7 heteroatoms. The second kappa shape index (κ2) is 6.26. The molecule has 4 rings (SSSR count). The third-order valence-corrected chi connectivity index (χ3v) is 4.63. The predicted octanol–water partition coefficient (Wildman–Crippen LogP) is 3.43. The maximum Gasteiger partial charge on any atom is 0.410 e. The number of carbonyl (C=O) groups is 1. The Hall–Kier alpha value is -3.09. The molecule has 1 amide bonds. The first-order valence-electron chi connectivity index (χ1n) is 8.98. The SMILES string of the molecule is CC(C)(C)OC(=O)N1CC=C(c2ccc3c(c2)[nH]c2nc[nH]c(=O)c23)CC1. The van der Waals surface area contributed by atoms with Gasteiger partial charge in [0.25, 0.3) is 5.56 Å². The summed E-state index contributed by atoms with van der Waals surface area (Å²) in [5, 5.41) is 1.43. The van der Waals surface area contributed by atoms with Crippen molar-refractivity contribution in [2.75, 3.05) is 13.1 Å². The fraction of sp³-hybridized carbons (Fsp3) is 0.350. The van der Waals surface area contributed by atoms with E-state index in [0.29, 0.717) is 24.1 Å². The van der Waals surface area contributed by atoms with Crippen LogP contribution in [0.4, 0.5) is 4.79 Å². The van der Waals surface area contributed by atoms with Gasteiger partial charge in [-0.2, -0.15) is 0 Å². The average molecular weight is 366 g/mol. The van der Waals surface area contributed by atoms with E-state index in [1.165, 1.54) is 11.9 Å². The molecular weight excluding hydrogens is 344 g/mol. The lowest BCUT2D eigenvalue weighted by Crippen LogP contribution is -2.39. The van der Waals surface area contributed by atoms with Crippen molar-refractivity contribution in [3.8, 4) is 0 Å². The highest BCUT2D eigenvalue weighted by Crippen LogP contribution is 2.28. The Labute approximate surface area is 156 Å². The summed E-state index contributed by atoms with van der Waals surface area (Å²) >= 11 is 0. The average Bonchev–Trinajstić information content (AvgIpc) is 2.99. The molecule has 0 unspecified atom stereocenters. The first kappa shape index (κ1) is 17.3. The highest BCUT2D eigenvalue weighted by molar-refractivity contribution is 6.06. The van der Waals surface area contributed by atoms with Gasteiger partial charge >= 0.3 is 6.09 Å². The number of nitrogens with one attached hydrogen (secondary N) is 2. The number of aromatic nitrogens is 3. The number of aromatic amines is 2. The Kier molecular flexibility index (Phi) is 4.02. The van der Waals surface area contributed by atoms with Gasteiger partial charge in [0.1, 0.15) is 11.2 Å². The molecule has 3 heterocycles. The normalized spacial score (nSPS) is 15.2. The molecule has 0 saturated carbocycles. The topological polar surface area (TPSA) is 91.1 Å². The minimum atomic E-state index is -0.492. The number of rotatable bonds is 1. The second-order valence-corrected chi connectivity index (χ2v) is 7.75. The molecule has 2 aromatic heterocycles. The predicted molar refractivity (Wildman–Crippen MR) is 105 cm³/mol. The zero-order valence-electron chi connectivity index (χ0n) is 15.6. The van der Waals surface area contributed by atoms with E-state index < -0.39 is 5.60 Å². The van der Waals surface area contributed by atoms with E-state index in [1.807, 2.05) is 39.0 Å². The lowest BCUT2D eigenvalue weighted by molar-refractivity contribution is 0.0270. The van der Waals surface area contributed by atoms with Crippen molar-refractivity contribution in [3.05, 3.63) is 46.5 Å². The first-order valence-corrected chi connectivity index (χ1v) is 8.98. The molecule has 3 aromatic rings. The van der Waals surface area contributed by atoms with Crippen LogP contribution in [0, 0.1) is 0 Å². The summed E-state index contributed by atoms with van der Waals surface area (Å²) < 4.78 is 5.43. The summed E-state index contributed by atoms with van der Waals surface area (Å²) in [4.78, 5) is 36.0. The molecule has 1 aromatic carbocycles. The number of benzene rings is 1. The van der Waals surface area contributed by atoms with Crippen molar-refractivity contribution >= 4 is 33.6 Å². The van der Waals surface area contributed by atoms with Crippen LogP contribution in [0.2, 0.25) is 0 Å². The van der Waals surface area contributed by atoms with E-state index in [9.17, 15) is 9.59 Å². The summed E-state index contributed by atoms with van der Waals surface area (Å²) in [6, 6.07) is 5.99. The Balaban J connectivity index is 1.60. The van der Waals surface area contributed by atoms with Crippen LogP contribution in [0.15, 0.2) is 35.4 Å². The fourth-order valence-corrected chi connectivity index (χ4v) is 3.36. The molecule has 0 radical (unpaired) electrons. The monoisotopic (exact) mass is 366 g/mol. The van der Waals surface area contributed by atoms with E-state index in [4.69, 9.17) is 4.74 Å². The molecule has 1 aliphatic rings. The van der Waals surface area contributed by atoms with Gasteiger partial charge in [-0.3, -0.25) is 4.79 Å². The van der Waals surface area contributed by atoms with Crippen molar-refractivity contribution in [2.24, 2.45) is 0 Å². The molecule has 27 heavy (non-hydrogen) atoms. The standard InChI is InChI=1S/C20H22N4O3/c1-20(2,3)27-19(26)24-8-6-12(7-9-24)13-4-5-14-15(10-13)23-17-16(14)18(25)22-11-21-17/h4-6,10-11H,7-9H2,1-3H3,(H2,21,22,23,25). The van der Waals surface area contributed by atoms with Gasteiger partial charge in [0.05, 0.1) is 11.7 Å². The van der Waals surface area contributed by atoms with Gasteiger partial charge < -0.3 is 19.6 Å². The van der Waals surface area contributed by atoms with Crippen LogP contribution < -0.4 is 5.56 Å². The van der Waals surface area contributed by atoms with E-state index >= 15 is 0 Å². The van der Waals surface area contributed by atoms with E-state index in [1.54, 1.807) is 4.90 Å². The van der Waals surface area contributed by atoms with E-state index in [0.717, 1.165) is 22.9 Å². The summed E-state index contributed by atoms with van der Waals surface area (Å²) in [5.74, 6) is 0. The number of carbonyl (C=O) groups excluding carboxylic acids is 1. The van der Waals surface area contributed by atoms with Gasteiger partial charge in [0.15, 0.2) is 0 Å². The van der Waals surface area contributed by atoms with Gasteiger partial charge in [-0.1, -0.05) is 18.2 Å². The molecule has 140 valence electrons. The van der Waals surface area contributed by atoms with Gasteiger partial charge in [-0.05, 0) is 44.4 Å². The second-order valence-electron chi connectivity index (χ2n) is 7.75. The number of hydrogen-bond acceptors (Lipinski definition) is 4. The molecule has 1 aliphatic heterocycles. The number of amides is 1. The lowest BCUT2D eigenvalue weighted by Gasteiger charge is -2.29. The Morgan fingerprint density at radius 2 is 2.11 bits per heavy atom. The van der Waals surface area contributed by atoms with Gasteiger partial charge in [0, 0.05) is 24.0 Å². The molecule has 0 bridgehead atoms. The van der Waals surface area contributed by atoms with Crippen molar-refractivity contribution in [1.29, 1.82) is 0 Å². The van der Waals surface area contributed by atoms with Gasteiger partial charge in [-0.15, -0.1) is 0 Å². The maximum absolute atomic E-state index is 12.2. The van der Waals surface area contributed by atoms with Crippen molar-refractivity contribution < 1.29 is 9.53 Å². The van der Waals surface area contributed by atoms with Crippen LogP contribution in [-0.4, -0.2) is 44.6 Å². The molecule has 7 nitrogen and oxygen atoms in total. The van der Waals surface area contributed by atoms with Crippen LogP contribution in [-0.2, 0) is 4.74 Å². The zero-order valence-corrected chi connectivity index (χ0v) is 15.6. The van der Waals surface area contributed by atoms with Crippen molar-refractivity contribution in [1.82, 2.24) is 19.9 Å². The number of nitrogens with zero attached hydrogens (tertiary/aromatic N) is 2. The van der Waals surface area contributed by atoms with Crippen LogP contribution in [0.25, 0.3) is 27.5 Å². The number of ether oxygens (including phenoxy) is 1. The minimum absolute atomic E-state index is 0.149. The maximum atomic E-state index is 12.2. The zero-order chi connectivity index (χ0) is 19.2. The molecule has 2 N–H and O–H groups in total. The Morgan fingerprint density at radius 3 is 2.81 bits per heavy atom. The molecule has 0 fully saturated rings. The minimum Gasteiger partial charge on any atom is -0.444 e. The third-order valence-electron chi connectivity index (χ3n) is 4.63. The molecule has 0 atom stereocenters. The van der Waals surface area contributed by atoms with Crippen molar-refractivity contribution in [3.63, 3.8) is 0 Å². The Bertz CT molecular complexity index is 1120. The molecule has 0 spiro atoms. The molecule has 0 aliphatic carbocycles. The first-order chi connectivity index (χ1) is 12.8. The van der Waals surface area contributed by atoms with Crippen LogP contribution in [0.5, 0.6) is 0 Å². The number of H-pyrrole nitrogens is 2. The summed E-state index contributed by atoms with van der Waals surface area (Å²) in [6.07, 6.45) is 3.93. The molecular formula is C20H22N4O3. The van der Waals surface area contributed by atoms with Gasteiger partial charge in [0.2, 0.25) is 0 Å². The number of fused-ring (bicyclic) bond motifs is 3. The lowest BCUT2D eigenvalue weighted by atomic mass is 9.98. The summed E-state index contributed by atoms with van der Waals surface area (Å²) in [5.41, 5.74) is 3.07. The highest BCUT2D eigenvalue weighted by Gasteiger charge is 2.24. The van der Waals surface area contributed by atoms with E-state index in [2.05, 4.69) is 21.0 Å². The van der Waals surface area contributed by atoms with Crippen LogP contribution in [0.3, 0.4) is 0 Å². The number of hydrogen-bond donors (Lipinski definition) is 2. The molecule has 0 saturated heterocycles. The smallest absolute Gasteiger partial charge is 0.410 e. The summed E-state index contributed by atoms with van der Waals surface area (Å²) in [6.45, 7) is 6.74.